The van der Waals surface area contributed by atoms with E-state index in [2.05, 4.69) is 15.6 Å². The molecule has 0 saturated heterocycles. The van der Waals surface area contributed by atoms with Crippen LogP contribution >= 0.6 is 0 Å². The van der Waals surface area contributed by atoms with E-state index in [1.54, 1.807) is 31.2 Å². The van der Waals surface area contributed by atoms with Gasteiger partial charge in [0.2, 0.25) is 11.7 Å². The minimum absolute atomic E-state index is 0.0496. The number of hydrogen-bond donors (Lipinski definition) is 3. The summed E-state index contributed by atoms with van der Waals surface area (Å²) in [6.45, 7) is 3.29. The first-order valence-electron chi connectivity index (χ1n) is 11.2. The van der Waals surface area contributed by atoms with Crippen LogP contribution in [0.5, 0.6) is 11.5 Å². The minimum Gasteiger partial charge on any atom is -0.500 e. The number of aromatic hydroxyl groups is 1. The van der Waals surface area contributed by atoms with E-state index in [1.165, 1.54) is 19.1 Å². The lowest BCUT2D eigenvalue weighted by atomic mass is 9.80. The first-order valence-corrected chi connectivity index (χ1v) is 11.2. The largest absolute Gasteiger partial charge is 0.500 e. The number of urea groups is 1. The second kappa shape index (κ2) is 10.3. The van der Waals surface area contributed by atoms with Crippen LogP contribution in [0.3, 0.4) is 0 Å². The van der Waals surface area contributed by atoms with Crippen molar-refractivity contribution in [3.8, 4) is 11.5 Å². The van der Waals surface area contributed by atoms with Crippen molar-refractivity contribution >= 4 is 29.0 Å². The van der Waals surface area contributed by atoms with E-state index in [1.807, 2.05) is 30.3 Å². The summed E-state index contributed by atoms with van der Waals surface area (Å²) in [7, 11) is 0. The van der Waals surface area contributed by atoms with Crippen molar-refractivity contribution in [1.82, 2.24) is 5.32 Å². The van der Waals surface area contributed by atoms with Crippen LogP contribution in [0.1, 0.15) is 42.5 Å². The van der Waals surface area contributed by atoms with E-state index in [9.17, 15) is 24.8 Å². The molecule has 0 aromatic heterocycles. The first kappa shape index (κ1) is 24.4. The van der Waals surface area contributed by atoms with Gasteiger partial charge in [0.15, 0.2) is 5.75 Å². The Bertz CT molecular complexity index is 1340. The van der Waals surface area contributed by atoms with Gasteiger partial charge in [0.05, 0.1) is 29.2 Å². The van der Waals surface area contributed by atoms with Gasteiger partial charge < -0.3 is 20.5 Å². The van der Waals surface area contributed by atoms with E-state index in [4.69, 9.17) is 4.74 Å². The number of carbonyl (C=O) groups excluding carboxylic acids is 2. The quantitative estimate of drug-likeness (QED) is 0.325. The highest BCUT2D eigenvalue weighted by atomic mass is 16.6. The van der Waals surface area contributed by atoms with E-state index < -0.39 is 34.4 Å². The van der Waals surface area contributed by atoms with E-state index in [-0.39, 0.29) is 18.3 Å². The molecule has 0 radical (unpaired) electrons. The van der Waals surface area contributed by atoms with Gasteiger partial charge in [-0.15, -0.1) is 0 Å². The number of phenols is 1. The molecule has 10 nitrogen and oxygen atoms in total. The van der Waals surface area contributed by atoms with Gasteiger partial charge in [-0.2, -0.15) is 4.99 Å². The number of nitrogens with one attached hydrogen (secondary N) is 2. The Balaban J connectivity index is 1.87. The lowest BCUT2D eigenvalue weighted by Crippen LogP contribution is -2.40. The van der Waals surface area contributed by atoms with Crippen molar-refractivity contribution in [1.29, 1.82) is 0 Å². The summed E-state index contributed by atoms with van der Waals surface area (Å²) >= 11 is 0. The molecule has 3 aromatic rings. The smallest absolute Gasteiger partial charge is 0.341 e. The lowest BCUT2D eigenvalue weighted by molar-refractivity contribution is -0.386. The predicted octanol–water partition coefficient (Wildman–Crippen LogP) is 4.69. The number of ether oxygens (including phenoxy) is 1. The molecule has 2 unspecified atom stereocenters. The zero-order valence-electron chi connectivity index (χ0n) is 19.6. The minimum atomic E-state index is -0.749. The molecular formula is C26H24N4O6. The Hall–Kier alpha value is -4.73. The molecule has 3 aromatic carbocycles. The van der Waals surface area contributed by atoms with Crippen molar-refractivity contribution in [3.05, 3.63) is 93.5 Å². The molecule has 1 heterocycles. The number of amides is 3. The Kier molecular flexibility index (Phi) is 6.95. The third-order valence-corrected chi connectivity index (χ3v) is 5.72. The monoisotopic (exact) mass is 488 g/mol. The lowest BCUT2D eigenvalue weighted by Gasteiger charge is -2.33. The van der Waals surface area contributed by atoms with Gasteiger partial charge in [0.25, 0.3) is 0 Å². The van der Waals surface area contributed by atoms with Gasteiger partial charge in [-0.1, -0.05) is 42.5 Å². The topological polar surface area (TPSA) is 143 Å². The fourth-order valence-corrected chi connectivity index (χ4v) is 4.24. The second-order valence-corrected chi connectivity index (χ2v) is 8.15. The Labute approximate surface area is 206 Å². The molecule has 0 saturated carbocycles. The summed E-state index contributed by atoms with van der Waals surface area (Å²) in [5.74, 6) is -1.36. The molecule has 10 heteroatoms. The van der Waals surface area contributed by atoms with Crippen LogP contribution in [0.25, 0.3) is 0 Å². The molecule has 4 rings (SSSR count). The molecule has 36 heavy (non-hydrogen) atoms. The molecular weight excluding hydrogens is 464 g/mol. The average molecular weight is 489 g/mol. The third-order valence-electron chi connectivity index (χ3n) is 5.72. The van der Waals surface area contributed by atoms with Crippen molar-refractivity contribution in [2.45, 2.75) is 25.8 Å². The van der Waals surface area contributed by atoms with Crippen LogP contribution in [-0.4, -0.2) is 34.3 Å². The number of phenolic OH excluding ortho intramolecular Hbond substituents is 1. The molecule has 0 fully saturated rings. The van der Waals surface area contributed by atoms with Crippen molar-refractivity contribution < 1.29 is 24.4 Å². The summed E-state index contributed by atoms with van der Waals surface area (Å²) in [5.41, 5.74) is 2.37. The maximum Gasteiger partial charge on any atom is 0.341 e. The number of aliphatic imine (C=N–C) groups is 1. The van der Waals surface area contributed by atoms with Gasteiger partial charge in [0, 0.05) is 18.7 Å². The Morgan fingerprint density at radius 1 is 1.14 bits per heavy atom. The number of nitro benzene ring substituents is 1. The van der Waals surface area contributed by atoms with Gasteiger partial charge in [0.1, 0.15) is 0 Å². The maximum atomic E-state index is 12.7. The zero-order chi connectivity index (χ0) is 25.8. The number of nitrogens with zero attached hydrogens (tertiary/aromatic N) is 2. The Morgan fingerprint density at radius 2 is 1.83 bits per heavy atom. The summed E-state index contributed by atoms with van der Waals surface area (Å²) < 4.78 is 5.45. The van der Waals surface area contributed by atoms with Crippen LogP contribution in [0.2, 0.25) is 0 Å². The second-order valence-electron chi connectivity index (χ2n) is 8.15. The highest BCUT2D eigenvalue weighted by molar-refractivity contribution is 6.12. The van der Waals surface area contributed by atoms with Gasteiger partial charge in [-0.05, 0) is 41.8 Å². The normalized spacial score (nSPS) is 17.1. The SMILES string of the molecule is CCOc1cc(C2NC(=O)N=C(c3ccc(NC(C)=O)cc3)C2c2ccccc2)cc([N+](=O)[O-])c1O. The van der Waals surface area contributed by atoms with Gasteiger partial charge >= 0.3 is 11.7 Å². The van der Waals surface area contributed by atoms with Gasteiger partial charge in [-0.3, -0.25) is 14.9 Å². The van der Waals surface area contributed by atoms with E-state index in [0.29, 0.717) is 22.5 Å². The van der Waals surface area contributed by atoms with Crippen molar-refractivity contribution in [3.63, 3.8) is 0 Å². The fraction of sp³-hybridized carbons (Fsp3) is 0.192. The number of carbonyl (C=O) groups is 2. The molecule has 1 aliphatic rings. The average Bonchev–Trinajstić information content (AvgIpc) is 2.85. The van der Waals surface area contributed by atoms with Crippen LogP contribution in [0.15, 0.2) is 71.7 Å². The van der Waals surface area contributed by atoms with Crippen molar-refractivity contribution in [2.75, 3.05) is 11.9 Å². The highest BCUT2D eigenvalue weighted by Gasteiger charge is 2.37. The highest BCUT2D eigenvalue weighted by Crippen LogP contribution is 2.43. The summed E-state index contributed by atoms with van der Waals surface area (Å²) in [6, 6.07) is 17.6. The molecule has 3 amide bonds. The number of nitro groups is 1. The molecule has 184 valence electrons. The third kappa shape index (κ3) is 5.02. The number of rotatable bonds is 7. The summed E-state index contributed by atoms with van der Waals surface area (Å²) in [6.07, 6.45) is 0. The number of hydrogen-bond acceptors (Lipinski definition) is 6. The molecule has 1 aliphatic heterocycles. The zero-order valence-corrected chi connectivity index (χ0v) is 19.6. The molecule has 0 bridgehead atoms. The van der Waals surface area contributed by atoms with E-state index in [0.717, 1.165) is 5.56 Å². The molecule has 3 N–H and O–H groups in total. The Morgan fingerprint density at radius 3 is 2.44 bits per heavy atom. The summed E-state index contributed by atoms with van der Waals surface area (Å²) in [4.78, 5) is 39.4. The standard InChI is InChI=1S/C26H24N4O6/c1-3-36-21-14-18(13-20(25(21)32)30(34)35)24-22(16-7-5-4-6-8-16)23(28-26(33)29-24)17-9-11-19(12-10-17)27-15(2)31/h4-14,22,24,32H,3H2,1-2H3,(H,27,31)(H,29,33). The molecule has 2 atom stereocenters. The van der Waals surface area contributed by atoms with E-state index >= 15 is 0 Å². The van der Waals surface area contributed by atoms with Gasteiger partial charge in [-0.25, -0.2) is 4.79 Å². The summed E-state index contributed by atoms with van der Waals surface area (Å²) in [5, 5.41) is 27.6. The number of benzene rings is 3. The molecule has 0 aliphatic carbocycles. The molecule has 0 spiro atoms. The first-order chi connectivity index (χ1) is 17.3. The van der Waals surface area contributed by atoms with Crippen LogP contribution in [0.4, 0.5) is 16.2 Å². The maximum absolute atomic E-state index is 12.7. The fourth-order valence-electron chi connectivity index (χ4n) is 4.24. The van der Waals surface area contributed by atoms with Crippen LogP contribution < -0.4 is 15.4 Å². The van der Waals surface area contributed by atoms with Crippen LogP contribution in [0, 0.1) is 10.1 Å². The van der Waals surface area contributed by atoms with Crippen LogP contribution in [-0.2, 0) is 4.79 Å². The number of anilines is 1. The predicted molar refractivity (Wildman–Crippen MR) is 134 cm³/mol. The van der Waals surface area contributed by atoms with Crippen molar-refractivity contribution in [2.24, 2.45) is 4.99 Å².